The summed E-state index contributed by atoms with van der Waals surface area (Å²) in [6.07, 6.45) is 0. The molecule has 0 fully saturated rings. The van der Waals surface area contributed by atoms with Crippen LogP contribution in [0.1, 0.15) is 5.56 Å². The van der Waals surface area contributed by atoms with Crippen LogP contribution in [0.4, 0.5) is 5.69 Å². The lowest BCUT2D eigenvalue weighted by molar-refractivity contribution is 0.307. The summed E-state index contributed by atoms with van der Waals surface area (Å²) >= 11 is 0. The third kappa shape index (κ3) is 1.87. The minimum Gasteiger partial charge on any atom is -0.506 e. The maximum Gasteiger partial charge on any atom is 0.165 e. The first-order chi connectivity index (χ1) is 6.16. The van der Waals surface area contributed by atoms with Gasteiger partial charge < -0.3 is 15.7 Å². The van der Waals surface area contributed by atoms with E-state index in [-0.39, 0.29) is 5.75 Å². The molecule has 0 atom stereocenters. The zero-order chi connectivity index (χ0) is 9.84. The smallest absolute Gasteiger partial charge is 0.165 e. The summed E-state index contributed by atoms with van der Waals surface area (Å²) in [5.74, 6) is 0.527. The molecule has 0 saturated heterocycles. The van der Waals surface area contributed by atoms with Crippen molar-refractivity contribution in [1.29, 1.82) is 0 Å². The van der Waals surface area contributed by atoms with E-state index in [0.717, 1.165) is 0 Å². The molecule has 0 unspecified atom stereocenters. The fourth-order valence-corrected chi connectivity index (χ4v) is 0.878. The average molecular weight is 181 g/mol. The summed E-state index contributed by atoms with van der Waals surface area (Å²) in [6, 6.07) is 3.03. The number of phenolic OH excluding ortho intramolecular Hbond substituents is 1. The average Bonchev–Trinajstić information content (AvgIpc) is 2.13. The monoisotopic (exact) mass is 181 g/mol. The molecule has 1 rings (SSSR count). The van der Waals surface area contributed by atoms with Gasteiger partial charge in [-0.1, -0.05) is 0 Å². The Hall–Kier alpha value is -1.78. The van der Waals surface area contributed by atoms with Crippen LogP contribution >= 0.6 is 0 Å². The fraction of sp³-hybridized carbons (Fsp3) is 0.250. The Balaban J connectivity index is 3.03. The normalized spacial score (nSPS) is 10.6. The minimum atomic E-state index is 0.0401. The molecule has 0 bridgehead atoms. The van der Waals surface area contributed by atoms with Gasteiger partial charge in [-0.25, -0.2) is 0 Å². The van der Waals surface area contributed by atoms with Gasteiger partial charge in [-0.15, -0.1) is 0 Å². The van der Waals surface area contributed by atoms with E-state index in [4.69, 9.17) is 10.6 Å². The molecule has 0 heterocycles. The molecule has 0 spiro atoms. The van der Waals surface area contributed by atoms with Crippen LogP contribution in [-0.2, 0) is 0 Å². The molecule has 0 amide bonds. The topological polar surface area (TPSA) is 80.2 Å². The number of rotatable bonds is 2. The number of nitrogen functional groups attached to an aromatic ring is 1. The molecule has 5 heteroatoms. The molecule has 3 N–H and O–H groups in total. The lowest BCUT2D eigenvalue weighted by Crippen LogP contribution is -1.93. The molecular weight excluding hydrogens is 170 g/mol. The van der Waals surface area contributed by atoms with E-state index in [1.54, 1.807) is 13.0 Å². The number of anilines is 1. The molecule has 70 valence electrons. The van der Waals surface area contributed by atoms with Crippen LogP contribution in [0.3, 0.4) is 0 Å². The van der Waals surface area contributed by atoms with Gasteiger partial charge in [-0.3, -0.25) is 0 Å². The number of nitrogens with zero attached hydrogens (tertiary/aromatic N) is 2. The van der Waals surface area contributed by atoms with Crippen LogP contribution in [0.25, 0.3) is 0 Å². The molecule has 0 radical (unpaired) electrons. The van der Waals surface area contributed by atoms with Gasteiger partial charge >= 0.3 is 0 Å². The van der Waals surface area contributed by atoms with Crippen molar-refractivity contribution in [1.82, 2.24) is 0 Å². The van der Waals surface area contributed by atoms with E-state index in [1.807, 2.05) is 0 Å². The van der Waals surface area contributed by atoms with Crippen molar-refractivity contribution < 1.29 is 9.94 Å². The van der Waals surface area contributed by atoms with Crippen molar-refractivity contribution in [3.05, 3.63) is 17.7 Å². The van der Waals surface area contributed by atoms with Crippen molar-refractivity contribution >= 4 is 5.69 Å². The highest BCUT2D eigenvalue weighted by Crippen LogP contribution is 2.31. The highest BCUT2D eigenvalue weighted by molar-refractivity contribution is 5.62. The molecule has 0 saturated carbocycles. The molecule has 1 aromatic rings. The SMILES string of the molecule is CN=NOc1ccc(O)c(N)c1C. The molecule has 0 aliphatic carbocycles. The minimum absolute atomic E-state index is 0.0401. The van der Waals surface area contributed by atoms with Crippen LogP contribution in [0, 0.1) is 6.92 Å². The van der Waals surface area contributed by atoms with E-state index >= 15 is 0 Å². The Bertz CT molecular complexity index is 336. The number of aromatic hydroxyl groups is 1. The molecular formula is C8H11N3O2. The molecule has 5 nitrogen and oxygen atoms in total. The number of hydrogen-bond donors (Lipinski definition) is 2. The first kappa shape index (κ1) is 9.31. The molecule has 0 aromatic heterocycles. The van der Waals surface area contributed by atoms with E-state index in [1.165, 1.54) is 13.1 Å². The Morgan fingerprint density at radius 2 is 2.15 bits per heavy atom. The first-order valence-corrected chi connectivity index (χ1v) is 3.71. The van der Waals surface area contributed by atoms with Gasteiger partial charge in [0, 0.05) is 10.8 Å². The van der Waals surface area contributed by atoms with E-state index < -0.39 is 0 Å². The Morgan fingerprint density at radius 1 is 1.46 bits per heavy atom. The fourth-order valence-electron chi connectivity index (χ4n) is 0.878. The summed E-state index contributed by atoms with van der Waals surface area (Å²) in [4.78, 5) is 4.89. The lowest BCUT2D eigenvalue weighted by Gasteiger charge is -2.06. The van der Waals surface area contributed by atoms with Crippen LogP contribution in [-0.4, -0.2) is 12.2 Å². The maximum absolute atomic E-state index is 9.22. The predicted molar refractivity (Wildman–Crippen MR) is 48.7 cm³/mol. The number of benzene rings is 1. The van der Waals surface area contributed by atoms with Gasteiger partial charge in [0.05, 0.1) is 12.7 Å². The Labute approximate surface area is 75.8 Å². The first-order valence-electron chi connectivity index (χ1n) is 3.71. The summed E-state index contributed by atoms with van der Waals surface area (Å²) < 4.78 is 0. The van der Waals surface area contributed by atoms with Gasteiger partial charge in [-0.05, 0) is 19.1 Å². The van der Waals surface area contributed by atoms with Crippen molar-refractivity contribution in [2.24, 2.45) is 10.4 Å². The van der Waals surface area contributed by atoms with E-state index in [9.17, 15) is 5.11 Å². The summed E-state index contributed by atoms with van der Waals surface area (Å²) in [5.41, 5.74) is 6.49. The number of nitrogens with two attached hydrogens (primary N) is 1. The third-order valence-electron chi connectivity index (χ3n) is 1.66. The van der Waals surface area contributed by atoms with E-state index in [0.29, 0.717) is 17.0 Å². The van der Waals surface area contributed by atoms with Crippen molar-refractivity contribution in [2.45, 2.75) is 6.92 Å². The maximum atomic E-state index is 9.22. The largest absolute Gasteiger partial charge is 0.506 e. The van der Waals surface area contributed by atoms with Gasteiger partial charge in [0.1, 0.15) is 5.75 Å². The standard InChI is InChI=1S/C8H11N3O2/c1-5-7(13-11-10-2)4-3-6(12)8(5)9/h3-4,12H,9H2,1-2H3. The highest BCUT2D eigenvalue weighted by Gasteiger charge is 2.06. The quantitative estimate of drug-likeness (QED) is 0.315. The van der Waals surface area contributed by atoms with Gasteiger partial charge in [0.2, 0.25) is 0 Å². The number of hydrogen-bond acceptors (Lipinski definition) is 5. The number of phenols is 1. The van der Waals surface area contributed by atoms with Crippen LogP contribution in [0.5, 0.6) is 11.5 Å². The summed E-state index contributed by atoms with van der Waals surface area (Å²) in [5, 5.41) is 16.0. The lowest BCUT2D eigenvalue weighted by atomic mass is 10.2. The predicted octanol–water partition coefficient (Wildman–Crippen LogP) is 1.66. The molecule has 13 heavy (non-hydrogen) atoms. The Morgan fingerprint density at radius 3 is 2.77 bits per heavy atom. The van der Waals surface area contributed by atoms with Gasteiger partial charge in [0.15, 0.2) is 5.75 Å². The summed E-state index contributed by atoms with van der Waals surface area (Å²) in [7, 11) is 1.50. The summed E-state index contributed by atoms with van der Waals surface area (Å²) in [6.45, 7) is 1.73. The van der Waals surface area contributed by atoms with E-state index in [2.05, 4.69) is 10.4 Å². The third-order valence-corrected chi connectivity index (χ3v) is 1.66. The molecule has 1 aromatic carbocycles. The molecule has 0 aliphatic rings. The van der Waals surface area contributed by atoms with Crippen molar-refractivity contribution in [3.8, 4) is 11.5 Å². The van der Waals surface area contributed by atoms with Gasteiger partial charge in [-0.2, -0.15) is 5.11 Å². The van der Waals surface area contributed by atoms with Crippen LogP contribution in [0.15, 0.2) is 22.5 Å². The zero-order valence-electron chi connectivity index (χ0n) is 7.48. The van der Waals surface area contributed by atoms with Crippen LogP contribution < -0.4 is 10.6 Å². The highest BCUT2D eigenvalue weighted by atomic mass is 16.6. The second-order valence-corrected chi connectivity index (χ2v) is 2.49. The Kier molecular flexibility index (Phi) is 2.69. The van der Waals surface area contributed by atoms with Crippen LogP contribution in [0.2, 0.25) is 0 Å². The van der Waals surface area contributed by atoms with Crippen molar-refractivity contribution in [2.75, 3.05) is 12.8 Å². The van der Waals surface area contributed by atoms with Gasteiger partial charge in [0.25, 0.3) is 0 Å². The molecule has 0 aliphatic heterocycles. The van der Waals surface area contributed by atoms with Crippen molar-refractivity contribution in [3.63, 3.8) is 0 Å². The second kappa shape index (κ2) is 3.75. The zero-order valence-corrected chi connectivity index (χ0v) is 7.48. The second-order valence-electron chi connectivity index (χ2n) is 2.49.